The highest BCUT2D eigenvalue weighted by molar-refractivity contribution is 5.80. The molecule has 1 aliphatic heterocycles. The molecular weight excluding hydrogens is 366 g/mol. The van der Waals surface area contributed by atoms with E-state index in [9.17, 15) is 4.79 Å². The zero-order chi connectivity index (χ0) is 20.5. The maximum atomic E-state index is 11.8. The van der Waals surface area contributed by atoms with Crippen LogP contribution in [-0.4, -0.2) is 48.0 Å². The van der Waals surface area contributed by atoms with E-state index in [1.807, 2.05) is 0 Å². The normalized spacial score (nSPS) is 14.0. The van der Waals surface area contributed by atoms with Gasteiger partial charge in [0.2, 0.25) is 6.41 Å². The van der Waals surface area contributed by atoms with E-state index < -0.39 is 0 Å². The highest BCUT2D eigenvalue weighted by Gasteiger charge is 2.16. The number of unbranched alkanes of at least 4 members (excludes halogenated alkanes) is 1. The lowest BCUT2D eigenvalue weighted by atomic mass is 10.1. The summed E-state index contributed by atoms with van der Waals surface area (Å²) >= 11 is 0. The number of ether oxygens (including phenoxy) is 1. The summed E-state index contributed by atoms with van der Waals surface area (Å²) in [6.45, 7) is 6.46. The molecular formula is C22H31N5O2. The van der Waals surface area contributed by atoms with E-state index >= 15 is 0 Å². The molecule has 29 heavy (non-hydrogen) atoms. The third-order valence-electron chi connectivity index (χ3n) is 5.12. The molecule has 0 radical (unpaired) electrons. The summed E-state index contributed by atoms with van der Waals surface area (Å²) in [5.41, 5.74) is 3.04. The van der Waals surface area contributed by atoms with Crippen molar-refractivity contribution in [1.82, 2.24) is 14.9 Å². The molecule has 1 amide bonds. The Morgan fingerprint density at radius 1 is 1.21 bits per heavy atom. The van der Waals surface area contributed by atoms with Gasteiger partial charge >= 0.3 is 6.01 Å². The van der Waals surface area contributed by atoms with Crippen LogP contribution in [0.15, 0.2) is 30.5 Å². The minimum atomic E-state index is 0.292. The zero-order valence-electron chi connectivity index (χ0n) is 17.4. The van der Waals surface area contributed by atoms with Gasteiger partial charge in [-0.1, -0.05) is 37.6 Å². The van der Waals surface area contributed by atoms with Crippen molar-refractivity contribution in [2.45, 2.75) is 45.7 Å². The van der Waals surface area contributed by atoms with Gasteiger partial charge in [-0.3, -0.25) is 14.6 Å². The SMILES string of the molecule is CCCCOc1ncc(NC)c(N(C=O)Cc2ccc(CN3CCCC3)cc2)n1. The summed E-state index contributed by atoms with van der Waals surface area (Å²) in [5, 5.41) is 3.05. The van der Waals surface area contributed by atoms with Crippen LogP contribution in [0.3, 0.4) is 0 Å². The molecule has 1 aromatic carbocycles. The molecule has 1 fully saturated rings. The van der Waals surface area contributed by atoms with E-state index in [4.69, 9.17) is 4.74 Å². The smallest absolute Gasteiger partial charge is 0.318 e. The van der Waals surface area contributed by atoms with Crippen LogP contribution in [0.5, 0.6) is 6.01 Å². The van der Waals surface area contributed by atoms with Crippen LogP contribution in [0.4, 0.5) is 11.5 Å². The van der Waals surface area contributed by atoms with Crippen molar-refractivity contribution < 1.29 is 9.53 Å². The van der Waals surface area contributed by atoms with Gasteiger partial charge in [0.1, 0.15) is 0 Å². The Morgan fingerprint density at radius 2 is 1.93 bits per heavy atom. The number of nitrogens with one attached hydrogen (secondary N) is 1. The number of likely N-dealkylation sites (tertiary alicyclic amines) is 1. The van der Waals surface area contributed by atoms with Crippen LogP contribution in [0.25, 0.3) is 0 Å². The minimum Gasteiger partial charge on any atom is -0.463 e. The lowest BCUT2D eigenvalue weighted by Crippen LogP contribution is -2.23. The number of aromatic nitrogens is 2. The van der Waals surface area contributed by atoms with Crippen molar-refractivity contribution in [3.05, 3.63) is 41.6 Å². The monoisotopic (exact) mass is 397 g/mol. The molecule has 1 aliphatic rings. The third-order valence-corrected chi connectivity index (χ3v) is 5.12. The average molecular weight is 398 g/mol. The highest BCUT2D eigenvalue weighted by atomic mass is 16.5. The Kier molecular flexibility index (Phi) is 7.81. The molecule has 1 N–H and O–H groups in total. The maximum absolute atomic E-state index is 11.8. The maximum Gasteiger partial charge on any atom is 0.318 e. The number of amides is 1. The third kappa shape index (κ3) is 5.90. The summed E-state index contributed by atoms with van der Waals surface area (Å²) in [4.78, 5) is 24.6. The Balaban J connectivity index is 1.69. The lowest BCUT2D eigenvalue weighted by Gasteiger charge is -2.20. The van der Waals surface area contributed by atoms with Gasteiger partial charge in [-0.25, -0.2) is 4.98 Å². The van der Waals surface area contributed by atoms with Gasteiger partial charge in [-0.15, -0.1) is 0 Å². The highest BCUT2D eigenvalue weighted by Crippen LogP contribution is 2.25. The van der Waals surface area contributed by atoms with Crippen molar-refractivity contribution in [2.75, 3.05) is 37.0 Å². The summed E-state index contributed by atoms with van der Waals surface area (Å²) < 4.78 is 5.61. The summed E-state index contributed by atoms with van der Waals surface area (Å²) in [7, 11) is 1.79. The van der Waals surface area contributed by atoms with Gasteiger partial charge in [0.15, 0.2) is 5.82 Å². The van der Waals surface area contributed by atoms with Crippen LogP contribution < -0.4 is 15.0 Å². The minimum absolute atomic E-state index is 0.292. The Labute approximate surface area is 173 Å². The Morgan fingerprint density at radius 3 is 2.59 bits per heavy atom. The molecule has 2 aromatic rings. The van der Waals surface area contributed by atoms with E-state index in [-0.39, 0.29) is 0 Å². The largest absolute Gasteiger partial charge is 0.463 e. The quantitative estimate of drug-likeness (QED) is 0.463. The van der Waals surface area contributed by atoms with Gasteiger partial charge in [-0.2, -0.15) is 4.98 Å². The van der Waals surface area contributed by atoms with Crippen molar-refractivity contribution in [2.24, 2.45) is 0 Å². The second-order valence-electron chi connectivity index (χ2n) is 7.37. The topological polar surface area (TPSA) is 70.6 Å². The lowest BCUT2D eigenvalue weighted by molar-refractivity contribution is -0.107. The van der Waals surface area contributed by atoms with Gasteiger partial charge < -0.3 is 10.1 Å². The standard InChI is InChI=1S/C22H31N5O2/c1-3-4-13-29-22-24-14-20(23-2)21(25-22)27(17-28)16-19-9-7-18(8-10-19)15-26-11-5-6-12-26/h7-10,14,17,23H,3-6,11-13,15-16H2,1-2H3. The Hall–Kier alpha value is -2.67. The van der Waals surface area contributed by atoms with Crippen molar-refractivity contribution in [3.8, 4) is 6.01 Å². The van der Waals surface area contributed by atoms with Crippen molar-refractivity contribution in [1.29, 1.82) is 0 Å². The number of hydrogen-bond donors (Lipinski definition) is 1. The molecule has 0 unspecified atom stereocenters. The first-order valence-corrected chi connectivity index (χ1v) is 10.4. The van der Waals surface area contributed by atoms with Gasteiger partial charge in [-0.05, 0) is 43.5 Å². The molecule has 3 rings (SSSR count). The number of rotatable bonds is 11. The molecule has 7 heteroatoms. The molecule has 7 nitrogen and oxygen atoms in total. The second kappa shape index (κ2) is 10.8. The molecule has 1 saturated heterocycles. The number of benzene rings is 1. The molecule has 0 aliphatic carbocycles. The first kappa shape index (κ1) is 21.0. The molecule has 1 aromatic heterocycles. The number of hydrogen-bond acceptors (Lipinski definition) is 6. The summed E-state index contributed by atoms with van der Waals surface area (Å²) in [6, 6.07) is 8.76. The molecule has 0 atom stereocenters. The summed E-state index contributed by atoms with van der Waals surface area (Å²) in [5.74, 6) is 0.519. The average Bonchev–Trinajstić information content (AvgIpc) is 3.26. The van der Waals surface area contributed by atoms with E-state index in [1.54, 1.807) is 18.1 Å². The van der Waals surface area contributed by atoms with Crippen molar-refractivity contribution >= 4 is 17.9 Å². The molecule has 2 heterocycles. The fourth-order valence-corrected chi connectivity index (χ4v) is 3.44. The zero-order valence-corrected chi connectivity index (χ0v) is 17.4. The number of nitrogens with zero attached hydrogens (tertiary/aromatic N) is 4. The van der Waals surface area contributed by atoms with Crippen LogP contribution in [0.1, 0.15) is 43.7 Å². The number of carbonyl (C=O) groups is 1. The molecule has 0 saturated carbocycles. The molecule has 156 valence electrons. The van der Waals surface area contributed by atoms with Crippen LogP contribution in [0, 0.1) is 0 Å². The van der Waals surface area contributed by atoms with E-state index in [2.05, 4.69) is 51.4 Å². The predicted octanol–water partition coefficient (Wildman–Crippen LogP) is 3.46. The first-order chi connectivity index (χ1) is 14.2. The fraction of sp³-hybridized carbons (Fsp3) is 0.500. The van der Waals surface area contributed by atoms with Gasteiger partial charge in [0, 0.05) is 13.6 Å². The van der Waals surface area contributed by atoms with Gasteiger partial charge in [0.05, 0.1) is 25.0 Å². The van der Waals surface area contributed by atoms with Gasteiger partial charge in [0.25, 0.3) is 0 Å². The number of anilines is 2. The van der Waals surface area contributed by atoms with E-state index in [0.717, 1.165) is 31.4 Å². The van der Waals surface area contributed by atoms with E-state index in [0.29, 0.717) is 30.7 Å². The fourth-order valence-electron chi connectivity index (χ4n) is 3.44. The van der Waals surface area contributed by atoms with Crippen LogP contribution in [-0.2, 0) is 17.9 Å². The number of carbonyl (C=O) groups excluding carboxylic acids is 1. The van der Waals surface area contributed by atoms with E-state index in [1.165, 1.54) is 31.5 Å². The first-order valence-electron chi connectivity index (χ1n) is 10.4. The molecule has 0 bridgehead atoms. The van der Waals surface area contributed by atoms with Crippen LogP contribution in [0.2, 0.25) is 0 Å². The van der Waals surface area contributed by atoms with Crippen LogP contribution >= 0.6 is 0 Å². The van der Waals surface area contributed by atoms with Crippen molar-refractivity contribution in [3.63, 3.8) is 0 Å². The summed E-state index contributed by atoms with van der Waals surface area (Å²) in [6.07, 6.45) is 7.02. The second-order valence-corrected chi connectivity index (χ2v) is 7.37. The molecule has 0 spiro atoms. The Bertz CT molecular complexity index is 775. The predicted molar refractivity (Wildman–Crippen MR) is 115 cm³/mol.